The predicted octanol–water partition coefficient (Wildman–Crippen LogP) is -0.820. The van der Waals surface area contributed by atoms with Gasteiger partial charge in [-0.25, -0.2) is 14.3 Å². The topological polar surface area (TPSA) is 119 Å². The number of ether oxygens (including phenoxy) is 1. The van der Waals surface area contributed by atoms with Crippen LogP contribution in [0.15, 0.2) is 0 Å². The second kappa shape index (κ2) is 5.46. The number of urea groups is 1. The Kier molecular flexibility index (Phi) is 3.87. The molecule has 3 amide bonds. The quantitative estimate of drug-likeness (QED) is 0.557. The first-order chi connectivity index (χ1) is 9.86. The highest BCUT2D eigenvalue weighted by Gasteiger charge is 2.44. The van der Waals surface area contributed by atoms with Crippen molar-refractivity contribution in [3.05, 3.63) is 5.82 Å². The van der Waals surface area contributed by atoms with Crippen LogP contribution in [-0.4, -0.2) is 61.7 Å². The van der Waals surface area contributed by atoms with Gasteiger partial charge in [0.1, 0.15) is 5.54 Å². The van der Waals surface area contributed by atoms with E-state index < -0.39 is 17.5 Å². The summed E-state index contributed by atoms with van der Waals surface area (Å²) < 4.78 is 6.01. The molecule has 0 bridgehead atoms. The first kappa shape index (κ1) is 14.9. The lowest BCUT2D eigenvalue weighted by Crippen LogP contribution is -2.40. The average Bonchev–Trinajstić information content (AvgIpc) is 2.93. The molecule has 2 rings (SSSR count). The number of esters is 1. The van der Waals surface area contributed by atoms with Crippen molar-refractivity contribution in [1.82, 2.24) is 30.4 Å². The Labute approximate surface area is 120 Å². The minimum Gasteiger partial charge on any atom is -0.460 e. The zero-order valence-electron chi connectivity index (χ0n) is 12.0. The van der Waals surface area contributed by atoms with E-state index in [0.29, 0.717) is 0 Å². The summed E-state index contributed by atoms with van der Waals surface area (Å²) >= 11 is 0. The molecule has 21 heavy (non-hydrogen) atoms. The molecule has 0 radical (unpaired) electrons. The van der Waals surface area contributed by atoms with Gasteiger partial charge >= 0.3 is 12.0 Å². The minimum absolute atomic E-state index is 0.0611. The molecule has 0 atom stereocenters. The summed E-state index contributed by atoms with van der Waals surface area (Å²) in [6.07, 6.45) is 0. The summed E-state index contributed by atoms with van der Waals surface area (Å²) in [6.45, 7) is 5.28. The molecule has 1 fully saturated rings. The molecule has 0 spiro atoms. The third kappa shape index (κ3) is 2.83. The van der Waals surface area contributed by atoms with Gasteiger partial charge in [0.05, 0.1) is 19.7 Å². The van der Waals surface area contributed by atoms with E-state index in [1.807, 2.05) is 0 Å². The van der Waals surface area contributed by atoms with Crippen LogP contribution in [0.3, 0.4) is 0 Å². The standard InChI is InChI=1S/C11H16N6O4/c1-4-21-8(18)7-13-14-15-17(7)6-5-16-9(19)11(2,3)12-10(16)20/h4-6H2,1-3H3,(H,12,20). The molecule has 0 saturated carbocycles. The summed E-state index contributed by atoms with van der Waals surface area (Å²) in [5.74, 6) is -1.05. The van der Waals surface area contributed by atoms with E-state index in [1.165, 1.54) is 4.68 Å². The van der Waals surface area contributed by atoms with E-state index in [2.05, 4.69) is 20.8 Å². The molecule has 1 aliphatic heterocycles. The Morgan fingerprint density at radius 2 is 2.05 bits per heavy atom. The van der Waals surface area contributed by atoms with Gasteiger partial charge in [0.15, 0.2) is 0 Å². The summed E-state index contributed by atoms with van der Waals surface area (Å²) in [5, 5.41) is 13.2. The van der Waals surface area contributed by atoms with Crippen molar-refractivity contribution >= 4 is 17.9 Å². The Morgan fingerprint density at radius 3 is 2.62 bits per heavy atom. The van der Waals surface area contributed by atoms with Gasteiger partial charge in [0.2, 0.25) is 0 Å². The molecule has 1 aromatic rings. The van der Waals surface area contributed by atoms with E-state index in [0.717, 1.165) is 4.90 Å². The van der Waals surface area contributed by atoms with Crippen LogP contribution in [0, 0.1) is 0 Å². The zero-order valence-corrected chi connectivity index (χ0v) is 12.0. The fourth-order valence-corrected chi connectivity index (χ4v) is 1.91. The third-order valence-corrected chi connectivity index (χ3v) is 2.97. The lowest BCUT2D eigenvalue weighted by Gasteiger charge is -2.15. The van der Waals surface area contributed by atoms with Gasteiger partial charge in [0.25, 0.3) is 11.7 Å². The van der Waals surface area contributed by atoms with Gasteiger partial charge in [-0.3, -0.25) is 9.69 Å². The molecule has 1 aromatic heterocycles. The van der Waals surface area contributed by atoms with Gasteiger partial charge in [-0.1, -0.05) is 0 Å². The smallest absolute Gasteiger partial charge is 0.378 e. The van der Waals surface area contributed by atoms with Gasteiger partial charge in [0, 0.05) is 0 Å². The van der Waals surface area contributed by atoms with E-state index >= 15 is 0 Å². The maximum absolute atomic E-state index is 12.0. The molecular weight excluding hydrogens is 280 g/mol. The van der Waals surface area contributed by atoms with Crippen LogP contribution in [0.25, 0.3) is 0 Å². The number of imide groups is 1. The Bertz CT molecular complexity index is 581. The molecule has 10 heteroatoms. The summed E-state index contributed by atoms with van der Waals surface area (Å²) in [4.78, 5) is 36.4. The normalized spacial score (nSPS) is 17.0. The van der Waals surface area contributed by atoms with Crippen molar-refractivity contribution in [3.63, 3.8) is 0 Å². The number of hydrogen-bond acceptors (Lipinski definition) is 7. The molecule has 1 saturated heterocycles. The molecule has 10 nitrogen and oxygen atoms in total. The number of rotatable bonds is 5. The summed E-state index contributed by atoms with van der Waals surface area (Å²) in [5.41, 5.74) is -0.929. The molecular formula is C11H16N6O4. The van der Waals surface area contributed by atoms with Crippen molar-refractivity contribution in [2.45, 2.75) is 32.9 Å². The van der Waals surface area contributed by atoms with E-state index in [4.69, 9.17) is 4.74 Å². The van der Waals surface area contributed by atoms with E-state index in [9.17, 15) is 14.4 Å². The van der Waals surface area contributed by atoms with Gasteiger partial charge < -0.3 is 10.1 Å². The maximum atomic E-state index is 12.0. The molecule has 0 unspecified atom stereocenters. The van der Waals surface area contributed by atoms with Crippen LogP contribution in [0.2, 0.25) is 0 Å². The van der Waals surface area contributed by atoms with Crippen molar-refractivity contribution < 1.29 is 19.1 Å². The Morgan fingerprint density at radius 1 is 1.33 bits per heavy atom. The number of nitrogens with zero attached hydrogens (tertiary/aromatic N) is 5. The first-order valence-corrected chi connectivity index (χ1v) is 6.44. The van der Waals surface area contributed by atoms with Crippen LogP contribution in [-0.2, 0) is 16.1 Å². The molecule has 1 N–H and O–H groups in total. The van der Waals surface area contributed by atoms with Crippen molar-refractivity contribution in [2.75, 3.05) is 13.2 Å². The minimum atomic E-state index is -0.929. The highest BCUT2D eigenvalue weighted by Crippen LogP contribution is 2.16. The number of carbonyl (C=O) groups is 3. The molecule has 114 valence electrons. The van der Waals surface area contributed by atoms with Gasteiger partial charge in [-0.05, 0) is 31.2 Å². The third-order valence-electron chi connectivity index (χ3n) is 2.97. The predicted molar refractivity (Wildman–Crippen MR) is 68.1 cm³/mol. The largest absolute Gasteiger partial charge is 0.460 e. The lowest BCUT2D eigenvalue weighted by molar-refractivity contribution is -0.130. The number of hydrogen-bond donors (Lipinski definition) is 1. The van der Waals surface area contributed by atoms with Crippen LogP contribution in [0.4, 0.5) is 4.79 Å². The number of aromatic nitrogens is 4. The highest BCUT2D eigenvalue weighted by atomic mass is 16.5. The van der Waals surface area contributed by atoms with Crippen molar-refractivity contribution in [1.29, 1.82) is 0 Å². The van der Waals surface area contributed by atoms with Gasteiger partial charge in [-0.2, -0.15) is 0 Å². The van der Waals surface area contributed by atoms with Gasteiger partial charge in [-0.15, -0.1) is 5.10 Å². The number of carbonyl (C=O) groups excluding carboxylic acids is 3. The fraction of sp³-hybridized carbons (Fsp3) is 0.636. The van der Waals surface area contributed by atoms with E-state index in [1.54, 1.807) is 20.8 Å². The molecule has 0 aliphatic carbocycles. The van der Waals surface area contributed by atoms with E-state index in [-0.39, 0.29) is 31.4 Å². The maximum Gasteiger partial charge on any atom is 0.378 e. The average molecular weight is 296 g/mol. The van der Waals surface area contributed by atoms with Crippen molar-refractivity contribution in [2.24, 2.45) is 0 Å². The summed E-state index contributed by atoms with van der Waals surface area (Å²) in [7, 11) is 0. The fourth-order valence-electron chi connectivity index (χ4n) is 1.91. The van der Waals surface area contributed by atoms with Crippen LogP contribution in [0.1, 0.15) is 31.4 Å². The number of amides is 3. The second-order valence-electron chi connectivity index (χ2n) is 4.96. The first-order valence-electron chi connectivity index (χ1n) is 6.44. The van der Waals surface area contributed by atoms with Crippen LogP contribution in [0.5, 0.6) is 0 Å². The zero-order chi connectivity index (χ0) is 15.6. The lowest BCUT2D eigenvalue weighted by atomic mass is 10.1. The molecule has 0 aromatic carbocycles. The molecule has 1 aliphatic rings. The van der Waals surface area contributed by atoms with Crippen molar-refractivity contribution in [3.8, 4) is 0 Å². The summed E-state index contributed by atoms with van der Waals surface area (Å²) in [6, 6.07) is -0.476. The Hall–Kier alpha value is -2.52. The monoisotopic (exact) mass is 296 g/mol. The Balaban J connectivity index is 2.05. The van der Waals surface area contributed by atoms with Crippen LogP contribution < -0.4 is 5.32 Å². The molecule has 2 heterocycles. The van der Waals surface area contributed by atoms with Crippen LogP contribution >= 0.6 is 0 Å². The highest BCUT2D eigenvalue weighted by molar-refractivity contribution is 6.06. The SMILES string of the molecule is CCOC(=O)c1nnnn1CCN1C(=O)NC(C)(C)C1=O. The number of nitrogens with one attached hydrogen (secondary N) is 1. The second-order valence-corrected chi connectivity index (χ2v) is 4.96. The number of tetrazole rings is 1.